The van der Waals surface area contributed by atoms with Gasteiger partial charge in [-0.25, -0.2) is 0 Å². The van der Waals surface area contributed by atoms with Gasteiger partial charge < -0.3 is 14.2 Å². The van der Waals surface area contributed by atoms with E-state index in [1.165, 1.54) is 12.8 Å². The minimum atomic E-state index is 0.460. The normalized spacial score (nSPS) is 22.5. The smallest absolute Gasteiger partial charge is 0.228 e. The average Bonchev–Trinajstić information content (AvgIpc) is 3.34. The van der Waals surface area contributed by atoms with Crippen LogP contribution in [0.5, 0.6) is 0 Å². The Balaban J connectivity index is 1.21. The van der Waals surface area contributed by atoms with Crippen LogP contribution in [0.2, 0.25) is 0 Å². The Hall–Kier alpha value is -1.76. The zero-order valence-electron chi connectivity index (χ0n) is 14.6. The molecule has 4 rings (SSSR count). The van der Waals surface area contributed by atoms with Gasteiger partial charge in [0, 0.05) is 57.9 Å². The van der Waals surface area contributed by atoms with E-state index < -0.39 is 0 Å². The van der Waals surface area contributed by atoms with Crippen molar-refractivity contribution in [1.29, 1.82) is 0 Å². The van der Waals surface area contributed by atoms with Gasteiger partial charge in [-0.3, -0.25) is 4.90 Å². The lowest BCUT2D eigenvalue weighted by atomic mass is 10.2. The first-order valence-electron chi connectivity index (χ1n) is 9.31. The predicted octanol–water partition coefficient (Wildman–Crippen LogP) is 2.08. The summed E-state index contributed by atoms with van der Waals surface area (Å²) in [7, 11) is 0. The van der Waals surface area contributed by atoms with E-state index in [9.17, 15) is 0 Å². The maximum atomic E-state index is 5.74. The first-order valence-corrected chi connectivity index (χ1v) is 9.31. The Bertz CT molecular complexity index is 646. The van der Waals surface area contributed by atoms with Crippen molar-refractivity contribution in [2.75, 3.05) is 45.9 Å². The molecule has 0 aliphatic carbocycles. The second-order valence-corrected chi connectivity index (χ2v) is 6.91. The standard InChI is InChI=1S/C19H26N4O2/c1-2-5-16(6-3-1)19-20-18(25-21-19)8-9-22-10-12-23(13-11-22)15-17-7-4-14-24-17/h1-3,5-6,17H,4,7-15H2/t17-/m1/s1. The monoisotopic (exact) mass is 342 g/mol. The third kappa shape index (κ3) is 4.45. The lowest BCUT2D eigenvalue weighted by molar-refractivity contribution is 0.0503. The summed E-state index contributed by atoms with van der Waals surface area (Å²) < 4.78 is 11.1. The molecule has 3 heterocycles. The molecule has 0 radical (unpaired) electrons. The van der Waals surface area contributed by atoms with Crippen LogP contribution in [0, 0.1) is 0 Å². The summed E-state index contributed by atoms with van der Waals surface area (Å²) >= 11 is 0. The number of piperazine rings is 1. The van der Waals surface area contributed by atoms with E-state index in [4.69, 9.17) is 9.26 Å². The van der Waals surface area contributed by atoms with Crippen molar-refractivity contribution in [1.82, 2.24) is 19.9 Å². The fraction of sp³-hybridized carbons (Fsp3) is 0.579. The van der Waals surface area contributed by atoms with Crippen LogP contribution >= 0.6 is 0 Å². The summed E-state index contributed by atoms with van der Waals surface area (Å²) in [6.07, 6.45) is 3.72. The van der Waals surface area contributed by atoms with Crippen molar-refractivity contribution in [2.24, 2.45) is 0 Å². The van der Waals surface area contributed by atoms with E-state index in [0.29, 0.717) is 11.9 Å². The van der Waals surface area contributed by atoms with Crippen LogP contribution in [-0.2, 0) is 11.2 Å². The molecule has 0 bridgehead atoms. The molecule has 1 aromatic carbocycles. The molecule has 2 aliphatic rings. The molecule has 6 nitrogen and oxygen atoms in total. The van der Waals surface area contributed by atoms with Crippen LogP contribution in [0.1, 0.15) is 18.7 Å². The molecule has 25 heavy (non-hydrogen) atoms. The first kappa shape index (κ1) is 16.7. The molecule has 0 unspecified atom stereocenters. The van der Waals surface area contributed by atoms with Crippen LogP contribution in [0.4, 0.5) is 0 Å². The fourth-order valence-corrected chi connectivity index (χ4v) is 3.59. The Morgan fingerprint density at radius 3 is 2.60 bits per heavy atom. The summed E-state index contributed by atoms with van der Waals surface area (Å²) in [6, 6.07) is 9.97. The number of hydrogen-bond donors (Lipinski definition) is 0. The molecule has 0 saturated carbocycles. The number of ether oxygens (including phenoxy) is 1. The quantitative estimate of drug-likeness (QED) is 0.801. The summed E-state index contributed by atoms with van der Waals surface area (Å²) in [5.41, 5.74) is 1.00. The summed E-state index contributed by atoms with van der Waals surface area (Å²) in [4.78, 5) is 9.54. The van der Waals surface area contributed by atoms with Gasteiger partial charge in [0.1, 0.15) is 0 Å². The third-order valence-electron chi connectivity index (χ3n) is 5.09. The van der Waals surface area contributed by atoms with Crippen LogP contribution < -0.4 is 0 Å². The third-order valence-corrected chi connectivity index (χ3v) is 5.09. The fourth-order valence-electron chi connectivity index (χ4n) is 3.59. The minimum Gasteiger partial charge on any atom is -0.377 e. The number of rotatable bonds is 6. The zero-order chi connectivity index (χ0) is 16.9. The van der Waals surface area contributed by atoms with Crippen LogP contribution in [0.15, 0.2) is 34.9 Å². The van der Waals surface area contributed by atoms with Gasteiger partial charge in [-0.15, -0.1) is 0 Å². The number of nitrogens with zero attached hydrogens (tertiary/aromatic N) is 4. The molecular weight excluding hydrogens is 316 g/mol. The van der Waals surface area contributed by atoms with Gasteiger partial charge in [0.25, 0.3) is 0 Å². The summed E-state index contributed by atoms with van der Waals surface area (Å²) in [5.74, 6) is 1.40. The maximum Gasteiger partial charge on any atom is 0.228 e. The molecule has 6 heteroatoms. The SMILES string of the molecule is c1ccc(-c2noc(CCN3CCN(C[C@H]4CCCO4)CC3)n2)cc1. The van der Waals surface area contributed by atoms with Crippen molar-refractivity contribution >= 4 is 0 Å². The number of hydrogen-bond acceptors (Lipinski definition) is 6. The average molecular weight is 342 g/mol. The molecule has 1 atom stereocenters. The molecule has 1 aromatic heterocycles. The van der Waals surface area contributed by atoms with E-state index in [-0.39, 0.29) is 0 Å². The van der Waals surface area contributed by atoms with E-state index >= 15 is 0 Å². The highest BCUT2D eigenvalue weighted by Crippen LogP contribution is 2.16. The van der Waals surface area contributed by atoms with Gasteiger partial charge in [-0.2, -0.15) is 4.98 Å². The second kappa shape index (κ2) is 8.08. The van der Waals surface area contributed by atoms with E-state index in [2.05, 4.69) is 19.9 Å². The molecule has 2 fully saturated rings. The van der Waals surface area contributed by atoms with Crippen molar-refractivity contribution in [3.63, 3.8) is 0 Å². The number of aromatic nitrogens is 2. The highest BCUT2D eigenvalue weighted by atomic mass is 16.5. The Morgan fingerprint density at radius 1 is 1.04 bits per heavy atom. The van der Waals surface area contributed by atoms with Gasteiger partial charge in [0.2, 0.25) is 11.7 Å². The summed E-state index contributed by atoms with van der Waals surface area (Å²) in [5, 5.41) is 4.09. The van der Waals surface area contributed by atoms with Gasteiger partial charge in [-0.05, 0) is 12.8 Å². The molecule has 0 N–H and O–H groups in total. The predicted molar refractivity (Wildman–Crippen MR) is 95.3 cm³/mol. The molecule has 2 saturated heterocycles. The van der Waals surface area contributed by atoms with Crippen molar-refractivity contribution in [2.45, 2.75) is 25.4 Å². The molecule has 0 amide bonds. The lowest BCUT2D eigenvalue weighted by Crippen LogP contribution is -2.48. The van der Waals surface area contributed by atoms with Crippen LogP contribution in [0.3, 0.4) is 0 Å². The van der Waals surface area contributed by atoms with Gasteiger partial charge in [0.05, 0.1) is 6.10 Å². The highest BCUT2D eigenvalue weighted by molar-refractivity contribution is 5.53. The summed E-state index contributed by atoms with van der Waals surface area (Å²) in [6.45, 7) is 7.47. The molecule has 2 aromatic rings. The molecule has 0 spiro atoms. The van der Waals surface area contributed by atoms with Crippen LogP contribution in [0.25, 0.3) is 11.4 Å². The van der Waals surface area contributed by atoms with E-state index in [1.54, 1.807) is 0 Å². The zero-order valence-corrected chi connectivity index (χ0v) is 14.6. The van der Waals surface area contributed by atoms with Crippen LogP contribution in [-0.4, -0.2) is 71.9 Å². The van der Waals surface area contributed by atoms with Crippen molar-refractivity contribution in [3.05, 3.63) is 36.2 Å². The first-order chi connectivity index (χ1) is 12.4. The van der Waals surface area contributed by atoms with Gasteiger partial charge >= 0.3 is 0 Å². The van der Waals surface area contributed by atoms with Crippen molar-refractivity contribution < 1.29 is 9.26 Å². The maximum absolute atomic E-state index is 5.74. The Morgan fingerprint density at radius 2 is 1.84 bits per heavy atom. The topological polar surface area (TPSA) is 54.6 Å². The van der Waals surface area contributed by atoms with Gasteiger partial charge in [-0.1, -0.05) is 35.5 Å². The van der Waals surface area contributed by atoms with Gasteiger partial charge in [0.15, 0.2) is 0 Å². The highest BCUT2D eigenvalue weighted by Gasteiger charge is 2.23. The minimum absolute atomic E-state index is 0.460. The lowest BCUT2D eigenvalue weighted by Gasteiger charge is -2.35. The molecule has 134 valence electrons. The van der Waals surface area contributed by atoms with E-state index in [0.717, 1.165) is 63.8 Å². The Kier molecular flexibility index (Phi) is 5.40. The van der Waals surface area contributed by atoms with Crippen molar-refractivity contribution in [3.8, 4) is 11.4 Å². The largest absolute Gasteiger partial charge is 0.377 e. The number of benzene rings is 1. The molecule has 2 aliphatic heterocycles. The second-order valence-electron chi connectivity index (χ2n) is 6.91. The van der Waals surface area contributed by atoms with E-state index in [1.807, 2.05) is 30.3 Å². The Labute approximate surface area is 148 Å². The molecular formula is C19H26N4O2.